The van der Waals surface area contributed by atoms with Gasteiger partial charge in [-0.2, -0.15) is 26.3 Å². The summed E-state index contributed by atoms with van der Waals surface area (Å²) in [6, 6.07) is 9.60. The van der Waals surface area contributed by atoms with E-state index in [0.29, 0.717) is 30.9 Å². The van der Waals surface area contributed by atoms with Gasteiger partial charge in [0, 0.05) is 37.7 Å². The lowest BCUT2D eigenvalue weighted by Gasteiger charge is -2.46. The zero-order valence-corrected chi connectivity index (χ0v) is 21.1. The number of hydrogen-bond donors (Lipinski definition) is 2. The summed E-state index contributed by atoms with van der Waals surface area (Å²) >= 11 is 0. The normalized spacial score (nSPS) is 19.2. The third kappa shape index (κ3) is 8.86. The second kappa shape index (κ2) is 12.9. The van der Waals surface area contributed by atoms with Crippen LogP contribution in [0.25, 0.3) is 0 Å². The van der Waals surface area contributed by atoms with Crippen molar-refractivity contribution < 1.29 is 60.1 Å². The van der Waals surface area contributed by atoms with Gasteiger partial charge in [0.05, 0.1) is 17.6 Å². The van der Waals surface area contributed by atoms with Gasteiger partial charge in [-0.15, -0.1) is 0 Å². The van der Waals surface area contributed by atoms with Crippen molar-refractivity contribution in [3.05, 3.63) is 60.2 Å². The predicted molar refractivity (Wildman–Crippen MR) is 126 cm³/mol. The number of piperazine rings is 1. The molecule has 1 spiro atoms. The summed E-state index contributed by atoms with van der Waals surface area (Å²) in [5.41, 5.74) is 0.786. The third-order valence-electron chi connectivity index (χ3n) is 6.07. The van der Waals surface area contributed by atoms with E-state index in [4.69, 9.17) is 19.8 Å². The Bertz CT molecular complexity index is 1240. The summed E-state index contributed by atoms with van der Waals surface area (Å²) < 4.78 is 77.1. The van der Waals surface area contributed by atoms with E-state index in [9.17, 15) is 40.3 Å². The van der Waals surface area contributed by atoms with E-state index in [1.54, 1.807) is 41.6 Å². The van der Waals surface area contributed by atoms with Crippen LogP contribution < -0.4 is 4.90 Å². The van der Waals surface area contributed by atoms with E-state index in [-0.39, 0.29) is 29.7 Å². The van der Waals surface area contributed by atoms with Crippen molar-refractivity contribution in [2.75, 3.05) is 38.1 Å². The molecule has 2 saturated heterocycles. The summed E-state index contributed by atoms with van der Waals surface area (Å²) in [6.07, 6.45) is -6.20. The highest BCUT2D eigenvalue weighted by Gasteiger charge is 2.48. The number of benzene rings is 1. The number of carboxylic acids is 2. The Balaban J connectivity index is 0.000000349. The van der Waals surface area contributed by atoms with Crippen LogP contribution in [0, 0.1) is 5.82 Å². The van der Waals surface area contributed by atoms with Crippen LogP contribution in [-0.2, 0) is 14.4 Å². The molecule has 2 aromatic rings. The lowest BCUT2D eigenvalue weighted by molar-refractivity contribution is -0.193. The molecule has 0 radical (unpaired) electrons. The van der Waals surface area contributed by atoms with Crippen LogP contribution in [0.15, 0.2) is 48.8 Å². The molecule has 2 aliphatic rings. The Labute approximate surface area is 227 Å². The number of amides is 2. The van der Waals surface area contributed by atoms with E-state index in [0.717, 1.165) is 6.42 Å². The number of carboxylic acid groups (broad SMARTS) is 2. The maximum absolute atomic E-state index is 13.6. The number of likely N-dealkylation sites (N-methyl/N-ethyl adjacent to an activating group) is 1. The van der Waals surface area contributed by atoms with Crippen molar-refractivity contribution in [1.29, 1.82) is 0 Å². The molecule has 0 bridgehead atoms. The molecule has 1 unspecified atom stereocenters. The summed E-state index contributed by atoms with van der Waals surface area (Å²) in [4.78, 5) is 52.6. The first-order valence-electron chi connectivity index (χ1n) is 11.4. The van der Waals surface area contributed by atoms with Gasteiger partial charge in [0.1, 0.15) is 5.82 Å². The van der Waals surface area contributed by atoms with Crippen LogP contribution in [0.1, 0.15) is 16.8 Å². The molecule has 3 heterocycles. The minimum atomic E-state index is -5.08. The predicted octanol–water partition coefficient (Wildman–Crippen LogP) is 3.05. The third-order valence-corrected chi connectivity index (χ3v) is 6.07. The van der Waals surface area contributed by atoms with Gasteiger partial charge >= 0.3 is 24.3 Å². The van der Waals surface area contributed by atoms with Crippen molar-refractivity contribution >= 4 is 29.4 Å². The number of alkyl halides is 6. The van der Waals surface area contributed by atoms with E-state index in [1.165, 1.54) is 12.1 Å². The van der Waals surface area contributed by atoms with Gasteiger partial charge in [-0.05, 0) is 43.8 Å². The van der Waals surface area contributed by atoms with Gasteiger partial charge in [0.15, 0.2) is 0 Å². The van der Waals surface area contributed by atoms with Crippen molar-refractivity contribution in [1.82, 2.24) is 14.8 Å². The number of carbonyl (C=O) groups excluding carboxylic acids is 2. The smallest absolute Gasteiger partial charge is 0.475 e. The molecule has 41 heavy (non-hydrogen) atoms. The van der Waals surface area contributed by atoms with Crippen LogP contribution >= 0.6 is 0 Å². The molecule has 2 aliphatic heterocycles. The largest absolute Gasteiger partial charge is 0.490 e. The molecule has 224 valence electrons. The lowest BCUT2D eigenvalue weighted by Crippen LogP contribution is -2.64. The number of rotatable bonds is 2. The molecular weight excluding hydrogens is 573 g/mol. The first kappa shape index (κ1) is 32.9. The quantitative estimate of drug-likeness (QED) is 0.506. The number of carbonyl (C=O) groups is 4. The molecule has 2 amide bonds. The standard InChI is InChI=1S/C20H21FN4O2.2C2HF3O2/c1-23-12-18(26)25(17-6-2-5-16(21)10-17)14-20(23)7-9-24(13-20)19(27)15-4-3-8-22-11-15;2*3-2(4,5)1(6)7/h2-6,8,10-11H,7,9,12-14H2,1H3;2*(H,6,7). The molecule has 2 fully saturated rings. The first-order chi connectivity index (χ1) is 18.9. The zero-order valence-electron chi connectivity index (χ0n) is 21.1. The summed E-state index contributed by atoms with van der Waals surface area (Å²) in [5, 5.41) is 14.2. The lowest BCUT2D eigenvalue weighted by atomic mass is 9.92. The second-order valence-corrected chi connectivity index (χ2v) is 8.86. The topological polar surface area (TPSA) is 131 Å². The average molecular weight is 596 g/mol. The molecule has 0 aliphatic carbocycles. The highest BCUT2D eigenvalue weighted by Crippen LogP contribution is 2.34. The fourth-order valence-corrected chi connectivity index (χ4v) is 3.98. The highest BCUT2D eigenvalue weighted by molar-refractivity contribution is 5.96. The first-order valence-corrected chi connectivity index (χ1v) is 11.4. The maximum Gasteiger partial charge on any atom is 0.490 e. The molecule has 17 heteroatoms. The van der Waals surface area contributed by atoms with Crippen LogP contribution in [0.5, 0.6) is 0 Å². The van der Waals surface area contributed by atoms with E-state index in [2.05, 4.69) is 4.98 Å². The number of nitrogens with zero attached hydrogens (tertiary/aromatic N) is 4. The molecular formula is C24H23F7N4O6. The number of aromatic nitrogens is 1. The molecule has 1 aromatic heterocycles. The Morgan fingerprint density at radius 1 is 0.951 bits per heavy atom. The van der Waals surface area contributed by atoms with Crippen LogP contribution in [0.2, 0.25) is 0 Å². The highest BCUT2D eigenvalue weighted by atomic mass is 19.4. The van der Waals surface area contributed by atoms with Gasteiger partial charge < -0.3 is 20.0 Å². The molecule has 0 saturated carbocycles. The van der Waals surface area contributed by atoms with Crippen LogP contribution in [-0.4, -0.2) is 99.9 Å². The second-order valence-electron chi connectivity index (χ2n) is 8.86. The number of halogens is 7. The molecule has 1 aromatic carbocycles. The van der Waals surface area contributed by atoms with E-state index >= 15 is 0 Å². The Kier molecular flexibility index (Phi) is 10.4. The minimum Gasteiger partial charge on any atom is -0.475 e. The van der Waals surface area contributed by atoms with Crippen molar-refractivity contribution in [2.24, 2.45) is 0 Å². The Morgan fingerprint density at radius 2 is 1.54 bits per heavy atom. The summed E-state index contributed by atoms with van der Waals surface area (Å²) in [6.45, 7) is 1.81. The molecule has 10 nitrogen and oxygen atoms in total. The number of pyridine rings is 1. The SMILES string of the molecule is CN1CC(=O)N(c2cccc(F)c2)CC12CCN(C(=O)c1cccnc1)C2.O=C(O)C(F)(F)F.O=C(O)C(F)(F)F. The van der Waals surface area contributed by atoms with Gasteiger partial charge in [-0.25, -0.2) is 14.0 Å². The van der Waals surface area contributed by atoms with Crippen molar-refractivity contribution in [3.63, 3.8) is 0 Å². The van der Waals surface area contributed by atoms with Crippen LogP contribution in [0.4, 0.5) is 36.4 Å². The van der Waals surface area contributed by atoms with Gasteiger partial charge in [0.2, 0.25) is 5.91 Å². The number of anilines is 1. The monoisotopic (exact) mass is 596 g/mol. The fraction of sp³-hybridized carbons (Fsp3) is 0.375. The number of aliphatic carboxylic acids is 2. The molecule has 4 rings (SSSR count). The van der Waals surface area contributed by atoms with E-state index < -0.39 is 24.3 Å². The van der Waals surface area contributed by atoms with Gasteiger partial charge in [-0.3, -0.25) is 19.5 Å². The van der Waals surface area contributed by atoms with E-state index in [1.807, 2.05) is 16.8 Å². The molecule has 1 atom stereocenters. The van der Waals surface area contributed by atoms with Crippen LogP contribution in [0.3, 0.4) is 0 Å². The van der Waals surface area contributed by atoms with Crippen molar-refractivity contribution in [2.45, 2.75) is 24.3 Å². The number of hydrogen-bond acceptors (Lipinski definition) is 6. The maximum atomic E-state index is 13.6. The number of likely N-dealkylation sites (tertiary alicyclic amines) is 1. The minimum absolute atomic E-state index is 0.0532. The summed E-state index contributed by atoms with van der Waals surface area (Å²) in [7, 11) is 1.92. The Morgan fingerprint density at radius 3 is 2.02 bits per heavy atom. The van der Waals surface area contributed by atoms with Gasteiger partial charge in [-0.1, -0.05) is 6.07 Å². The van der Waals surface area contributed by atoms with Crippen molar-refractivity contribution in [3.8, 4) is 0 Å². The zero-order chi connectivity index (χ0) is 31.2. The summed E-state index contributed by atoms with van der Waals surface area (Å²) in [5.74, 6) is -6.00. The Hall–Kier alpha value is -4.28. The van der Waals surface area contributed by atoms with Gasteiger partial charge in [0.25, 0.3) is 5.91 Å². The fourth-order valence-electron chi connectivity index (χ4n) is 3.98. The molecule has 2 N–H and O–H groups in total. The average Bonchev–Trinajstić information content (AvgIpc) is 3.31.